The van der Waals surface area contributed by atoms with Crippen LogP contribution in [0.15, 0.2) is 48.2 Å². The molecule has 0 aromatic carbocycles. The minimum Gasteiger partial charge on any atom is -0.343 e. The molecule has 2 amide bonds. The van der Waals surface area contributed by atoms with Crippen LogP contribution in [0.25, 0.3) is 16.5 Å². The van der Waals surface area contributed by atoms with Crippen molar-refractivity contribution in [2.75, 3.05) is 19.4 Å². The second kappa shape index (κ2) is 16.6. The average Bonchev–Trinajstić information content (AvgIpc) is 3.66. The van der Waals surface area contributed by atoms with E-state index in [-0.39, 0.29) is 24.1 Å². The minimum absolute atomic E-state index is 0.230. The molecule has 1 aliphatic rings. The summed E-state index contributed by atoms with van der Waals surface area (Å²) >= 11 is 0. The first kappa shape index (κ1) is 33.7. The normalized spacial score (nSPS) is 16.4. The van der Waals surface area contributed by atoms with Crippen LogP contribution in [0.2, 0.25) is 0 Å². The fraction of sp³-hybridized carbons (Fsp3) is 0.500. The van der Waals surface area contributed by atoms with E-state index in [1.54, 1.807) is 26.4 Å². The Morgan fingerprint density at radius 3 is 2.26 bits per heavy atom. The van der Waals surface area contributed by atoms with Crippen molar-refractivity contribution >= 4 is 34.1 Å². The minimum atomic E-state index is -1.08. The van der Waals surface area contributed by atoms with Crippen LogP contribution in [0.3, 0.4) is 0 Å². The molecule has 0 radical (unpaired) electrons. The van der Waals surface area contributed by atoms with E-state index in [4.69, 9.17) is 0 Å². The van der Waals surface area contributed by atoms with Gasteiger partial charge in [0.25, 0.3) is 5.91 Å². The second-order valence-corrected chi connectivity index (χ2v) is 9.63. The maximum absolute atomic E-state index is 13.2. The zero-order valence-electron chi connectivity index (χ0n) is 25.3. The number of allylic oxidation sites excluding steroid dienone is 5. The lowest BCUT2D eigenvalue weighted by molar-refractivity contribution is -0.117. The van der Waals surface area contributed by atoms with Crippen LogP contribution in [-0.4, -0.2) is 46.9 Å². The van der Waals surface area contributed by atoms with Crippen LogP contribution in [-0.2, 0) is 4.79 Å². The first-order valence-corrected chi connectivity index (χ1v) is 14.1. The molecule has 39 heavy (non-hydrogen) atoms. The van der Waals surface area contributed by atoms with Gasteiger partial charge in [-0.1, -0.05) is 78.2 Å². The van der Waals surface area contributed by atoms with Crippen molar-refractivity contribution < 1.29 is 14.0 Å². The molecule has 214 valence electrons. The van der Waals surface area contributed by atoms with Gasteiger partial charge in [0.05, 0.1) is 11.4 Å². The van der Waals surface area contributed by atoms with Crippen molar-refractivity contribution in [3.8, 4) is 0 Å². The van der Waals surface area contributed by atoms with Crippen molar-refractivity contribution in [3.05, 3.63) is 59.5 Å². The zero-order chi connectivity index (χ0) is 29.7. The Labute approximate surface area is 234 Å². The van der Waals surface area contributed by atoms with Crippen LogP contribution in [0.4, 0.5) is 10.2 Å². The lowest BCUT2D eigenvalue weighted by Gasteiger charge is -2.17. The van der Waals surface area contributed by atoms with Gasteiger partial charge in [-0.3, -0.25) is 9.59 Å². The third-order valence-electron chi connectivity index (χ3n) is 6.10. The number of carbonyl (C=O) groups is 2. The van der Waals surface area contributed by atoms with Gasteiger partial charge in [-0.05, 0) is 43.9 Å². The topological polar surface area (TPSA) is 75.2 Å². The fourth-order valence-electron chi connectivity index (χ4n) is 3.74. The van der Waals surface area contributed by atoms with E-state index in [9.17, 15) is 14.0 Å². The molecule has 1 saturated carbocycles. The number of pyridine rings is 2. The lowest BCUT2D eigenvalue weighted by Crippen LogP contribution is -2.24. The number of rotatable bonds is 9. The SMILES string of the molecule is C=C(/C=C(C)\C(=C/C)c1cc2cnc(NC(=O)C3CC3F)cc2nc1C(=O)N(C)C)CCC.CC.CCCC. The molecule has 2 atom stereocenters. The first-order valence-electron chi connectivity index (χ1n) is 14.1. The predicted molar refractivity (Wildman–Crippen MR) is 163 cm³/mol. The van der Waals surface area contributed by atoms with E-state index in [0.29, 0.717) is 16.8 Å². The highest BCUT2D eigenvalue weighted by Crippen LogP contribution is 2.35. The van der Waals surface area contributed by atoms with Crippen molar-refractivity contribution in [2.24, 2.45) is 5.92 Å². The van der Waals surface area contributed by atoms with Crippen molar-refractivity contribution in [1.29, 1.82) is 0 Å². The molecule has 2 aromatic heterocycles. The van der Waals surface area contributed by atoms with E-state index >= 15 is 0 Å². The molecule has 7 heteroatoms. The summed E-state index contributed by atoms with van der Waals surface area (Å²) in [5, 5.41) is 3.37. The lowest BCUT2D eigenvalue weighted by atomic mass is 9.94. The van der Waals surface area contributed by atoms with E-state index in [1.165, 1.54) is 17.7 Å². The number of anilines is 1. The molecule has 1 aliphatic carbocycles. The molecule has 2 aromatic rings. The number of aromatic nitrogens is 2. The number of nitrogens with one attached hydrogen (secondary N) is 1. The van der Waals surface area contributed by atoms with Crippen molar-refractivity contribution in [3.63, 3.8) is 0 Å². The van der Waals surface area contributed by atoms with E-state index < -0.39 is 12.1 Å². The van der Waals surface area contributed by atoms with Crippen LogP contribution in [0.5, 0.6) is 0 Å². The Morgan fingerprint density at radius 2 is 1.77 bits per heavy atom. The van der Waals surface area contributed by atoms with Gasteiger partial charge in [0, 0.05) is 37.3 Å². The smallest absolute Gasteiger partial charge is 0.272 e. The third-order valence-corrected chi connectivity index (χ3v) is 6.10. The summed E-state index contributed by atoms with van der Waals surface area (Å²) in [6.07, 6.45) is 9.31. The predicted octanol–water partition coefficient (Wildman–Crippen LogP) is 8.17. The summed E-state index contributed by atoms with van der Waals surface area (Å²) in [4.78, 5) is 35.6. The zero-order valence-corrected chi connectivity index (χ0v) is 25.3. The first-order chi connectivity index (χ1) is 18.6. The van der Waals surface area contributed by atoms with E-state index in [2.05, 4.69) is 42.6 Å². The van der Waals surface area contributed by atoms with Crippen LogP contribution in [0, 0.1) is 5.92 Å². The molecule has 3 rings (SSSR count). The average molecular weight is 539 g/mol. The van der Waals surface area contributed by atoms with Crippen LogP contribution in [0.1, 0.15) is 96.6 Å². The van der Waals surface area contributed by atoms with Gasteiger partial charge in [0.1, 0.15) is 17.7 Å². The molecule has 0 spiro atoms. The summed E-state index contributed by atoms with van der Waals surface area (Å²) in [6, 6.07) is 3.51. The number of nitrogens with zero attached hydrogens (tertiary/aromatic N) is 3. The highest BCUT2D eigenvalue weighted by molar-refractivity contribution is 6.02. The molecular weight excluding hydrogens is 491 g/mol. The summed E-state index contributed by atoms with van der Waals surface area (Å²) in [6.45, 7) is 18.5. The summed E-state index contributed by atoms with van der Waals surface area (Å²) in [7, 11) is 3.36. The number of hydrogen-bond acceptors (Lipinski definition) is 4. The molecule has 2 unspecified atom stereocenters. The van der Waals surface area contributed by atoms with Gasteiger partial charge in [0.15, 0.2) is 0 Å². The number of halogens is 1. The summed E-state index contributed by atoms with van der Waals surface area (Å²) in [5.41, 5.74) is 4.45. The molecule has 0 saturated heterocycles. The molecule has 1 fully saturated rings. The van der Waals surface area contributed by atoms with Crippen molar-refractivity contribution in [2.45, 2.75) is 86.7 Å². The number of unbranched alkanes of at least 4 members (excludes halogenated alkanes) is 1. The molecule has 1 N–H and O–H groups in total. The number of fused-ring (bicyclic) bond motifs is 1. The number of amides is 2. The maximum Gasteiger partial charge on any atom is 0.272 e. The molecule has 0 aliphatic heterocycles. The van der Waals surface area contributed by atoms with Gasteiger partial charge in [-0.15, -0.1) is 0 Å². The molecule has 2 heterocycles. The van der Waals surface area contributed by atoms with Gasteiger partial charge in [0.2, 0.25) is 5.91 Å². The highest BCUT2D eigenvalue weighted by atomic mass is 19.1. The largest absolute Gasteiger partial charge is 0.343 e. The molecule has 6 nitrogen and oxygen atoms in total. The van der Waals surface area contributed by atoms with Crippen LogP contribution >= 0.6 is 0 Å². The molecule has 0 bridgehead atoms. The van der Waals surface area contributed by atoms with E-state index in [0.717, 1.165) is 34.9 Å². The Hall–Kier alpha value is -3.35. The van der Waals surface area contributed by atoms with Gasteiger partial charge < -0.3 is 10.2 Å². The summed E-state index contributed by atoms with van der Waals surface area (Å²) < 4.78 is 13.2. The van der Waals surface area contributed by atoms with Gasteiger partial charge >= 0.3 is 0 Å². The van der Waals surface area contributed by atoms with E-state index in [1.807, 2.05) is 45.9 Å². The Bertz CT molecular complexity index is 1200. The highest BCUT2D eigenvalue weighted by Gasteiger charge is 2.43. The second-order valence-electron chi connectivity index (χ2n) is 9.63. The molecular formula is C32H47FN4O2. The quantitative estimate of drug-likeness (QED) is 0.327. The maximum atomic E-state index is 13.2. The Morgan fingerprint density at radius 1 is 1.15 bits per heavy atom. The number of hydrogen-bond donors (Lipinski definition) is 1. The number of alkyl halides is 1. The van der Waals surface area contributed by atoms with Gasteiger partial charge in [-0.2, -0.15) is 0 Å². The van der Waals surface area contributed by atoms with Gasteiger partial charge in [-0.25, -0.2) is 14.4 Å². The standard InChI is InChI=1S/C26H31FN4O2.C4H10.C2H6/c1-7-9-15(3)10-16(4)18(8-2)19-11-17-14-28-23(30-25(32)20-12-21(20)27)13-22(17)29-24(19)26(33)31(5)6;1-3-4-2;1-2/h8,10-11,13-14,20-21H,3,7,9,12H2,1-2,4-6H3,(H,28,30,32);3-4H2,1-2H3;1-2H3/b16-10-,18-8+;;. The Balaban J connectivity index is 0.00000116. The monoisotopic (exact) mass is 538 g/mol. The fourth-order valence-corrected chi connectivity index (χ4v) is 3.74. The Kier molecular flexibility index (Phi) is 14.3. The van der Waals surface area contributed by atoms with Crippen molar-refractivity contribution in [1.82, 2.24) is 14.9 Å². The third kappa shape index (κ3) is 9.72. The van der Waals surface area contributed by atoms with Crippen LogP contribution < -0.4 is 5.32 Å². The number of carbonyl (C=O) groups excluding carboxylic acids is 2. The summed E-state index contributed by atoms with van der Waals surface area (Å²) in [5.74, 6) is -0.946.